The number of nitrogens with zero attached hydrogens (tertiary/aromatic N) is 1. The number of benzene rings is 1. The van der Waals surface area contributed by atoms with Gasteiger partial charge in [0.2, 0.25) is 0 Å². The van der Waals surface area contributed by atoms with Gasteiger partial charge in [0.15, 0.2) is 0 Å². The number of halogens is 1. The molecule has 20 heavy (non-hydrogen) atoms. The minimum absolute atomic E-state index is 0.0535. The summed E-state index contributed by atoms with van der Waals surface area (Å²) in [6, 6.07) is 10.2. The lowest BCUT2D eigenvalue weighted by molar-refractivity contribution is 0.640. The first-order valence-corrected chi connectivity index (χ1v) is 7.98. The molecule has 0 radical (unpaired) electrons. The molecule has 0 spiro atoms. The van der Waals surface area contributed by atoms with Gasteiger partial charge in [-0.1, -0.05) is 18.2 Å². The molecule has 0 aliphatic heterocycles. The predicted molar refractivity (Wildman–Crippen MR) is 87.7 cm³/mol. The molecule has 2 aromatic heterocycles. The summed E-state index contributed by atoms with van der Waals surface area (Å²) in [5, 5.41) is 5.30. The fourth-order valence-corrected chi connectivity index (χ4v) is 3.98. The van der Waals surface area contributed by atoms with Crippen molar-refractivity contribution in [3.8, 4) is 0 Å². The molecule has 0 bridgehead atoms. The Kier molecular flexibility index (Phi) is 3.85. The second-order valence-corrected chi connectivity index (χ2v) is 6.24. The molecule has 0 fully saturated rings. The number of fused-ring (bicyclic) bond motifs is 1. The maximum absolute atomic E-state index is 5.82. The summed E-state index contributed by atoms with van der Waals surface area (Å²) in [6.45, 7) is 2.01. The van der Waals surface area contributed by atoms with Gasteiger partial charge in [0.25, 0.3) is 0 Å². The average Bonchev–Trinajstić information content (AvgIpc) is 2.86. The molecule has 0 aliphatic carbocycles. The van der Waals surface area contributed by atoms with Gasteiger partial charge in [-0.2, -0.15) is 11.3 Å². The van der Waals surface area contributed by atoms with Crippen molar-refractivity contribution in [1.82, 2.24) is 10.4 Å². The second-order valence-electron chi connectivity index (χ2n) is 4.64. The third-order valence-electron chi connectivity index (χ3n) is 3.31. The molecule has 0 saturated carbocycles. The lowest BCUT2D eigenvalue weighted by atomic mass is 9.97. The molecule has 3 N–H and O–H groups in total. The van der Waals surface area contributed by atoms with Crippen LogP contribution in [0.1, 0.15) is 22.9 Å². The van der Waals surface area contributed by atoms with Crippen molar-refractivity contribution < 1.29 is 0 Å². The first-order chi connectivity index (χ1) is 9.70. The molecule has 3 aromatic rings. The van der Waals surface area contributed by atoms with Crippen LogP contribution < -0.4 is 11.3 Å². The summed E-state index contributed by atoms with van der Waals surface area (Å²) in [7, 11) is 0. The number of nitrogens with two attached hydrogens (primary N) is 1. The van der Waals surface area contributed by atoms with Crippen LogP contribution in [-0.2, 0) is 0 Å². The van der Waals surface area contributed by atoms with Crippen molar-refractivity contribution in [2.24, 2.45) is 5.84 Å². The molecular weight excluding hydrogens is 334 g/mol. The van der Waals surface area contributed by atoms with Crippen molar-refractivity contribution >= 4 is 38.2 Å². The number of hydrazine groups is 1. The molecule has 3 rings (SSSR count). The number of aryl methyl sites for hydroxylation is 1. The number of hydrogen-bond acceptors (Lipinski definition) is 4. The monoisotopic (exact) mass is 347 g/mol. The van der Waals surface area contributed by atoms with Gasteiger partial charge in [0.1, 0.15) is 0 Å². The van der Waals surface area contributed by atoms with E-state index in [-0.39, 0.29) is 6.04 Å². The van der Waals surface area contributed by atoms with Crippen LogP contribution in [-0.4, -0.2) is 4.98 Å². The largest absolute Gasteiger partial charge is 0.271 e. The Bertz CT molecular complexity index is 754. The van der Waals surface area contributed by atoms with E-state index in [1.165, 1.54) is 0 Å². The number of pyridine rings is 1. The third kappa shape index (κ3) is 2.38. The number of hydrogen-bond donors (Lipinski definition) is 2. The summed E-state index contributed by atoms with van der Waals surface area (Å²) in [4.78, 5) is 4.58. The zero-order valence-corrected chi connectivity index (χ0v) is 13.3. The van der Waals surface area contributed by atoms with Gasteiger partial charge in [-0.15, -0.1) is 0 Å². The van der Waals surface area contributed by atoms with E-state index in [9.17, 15) is 0 Å². The highest BCUT2D eigenvalue weighted by Gasteiger charge is 2.19. The average molecular weight is 348 g/mol. The molecule has 1 unspecified atom stereocenters. The normalized spacial score (nSPS) is 12.8. The molecule has 0 aliphatic rings. The summed E-state index contributed by atoms with van der Waals surface area (Å²) in [5.74, 6) is 5.82. The first kappa shape index (κ1) is 13.7. The summed E-state index contributed by atoms with van der Waals surface area (Å²) in [5.41, 5.74) is 7.21. The standard InChI is InChI=1S/C15H14BrN3S/c1-9-6-11(10-4-2-3-5-14(10)18-9)15(19-17)12-7-20-8-13(12)16/h2-8,15,19H,17H2,1H3. The quantitative estimate of drug-likeness (QED) is 0.557. The fourth-order valence-electron chi connectivity index (χ4n) is 2.42. The van der Waals surface area contributed by atoms with Crippen LogP contribution in [0, 0.1) is 6.92 Å². The van der Waals surface area contributed by atoms with Crippen LogP contribution in [0.15, 0.2) is 45.6 Å². The Morgan fingerprint density at radius 3 is 2.75 bits per heavy atom. The number of rotatable bonds is 3. The van der Waals surface area contributed by atoms with Gasteiger partial charge >= 0.3 is 0 Å². The number of aromatic nitrogens is 1. The van der Waals surface area contributed by atoms with Gasteiger partial charge in [0.05, 0.1) is 11.6 Å². The smallest absolute Gasteiger partial charge is 0.0736 e. The van der Waals surface area contributed by atoms with E-state index in [0.717, 1.165) is 32.2 Å². The molecule has 0 saturated heterocycles. The van der Waals surface area contributed by atoms with Gasteiger partial charge in [-0.3, -0.25) is 10.8 Å². The Hall–Kier alpha value is -1.27. The summed E-state index contributed by atoms with van der Waals surface area (Å²) >= 11 is 5.24. The van der Waals surface area contributed by atoms with Gasteiger partial charge in [-0.25, -0.2) is 5.43 Å². The summed E-state index contributed by atoms with van der Waals surface area (Å²) in [6.07, 6.45) is 0. The fraction of sp³-hybridized carbons (Fsp3) is 0.133. The van der Waals surface area contributed by atoms with Crippen molar-refractivity contribution in [3.05, 3.63) is 62.4 Å². The van der Waals surface area contributed by atoms with E-state index in [4.69, 9.17) is 5.84 Å². The highest BCUT2D eigenvalue weighted by atomic mass is 79.9. The number of nitrogens with one attached hydrogen (secondary N) is 1. The van der Waals surface area contributed by atoms with E-state index in [1.54, 1.807) is 11.3 Å². The van der Waals surface area contributed by atoms with Crippen molar-refractivity contribution in [2.45, 2.75) is 13.0 Å². The van der Waals surface area contributed by atoms with E-state index in [0.29, 0.717) is 0 Å². The van der Waals surface area contributed by atoms with Crippen molar-refractivity contribution in [2.75, 3.05) is 0 Å². The third-order valence-corrected chi connectivity index (χ3v) is 5.06. The van der Waals surface area contributed by atoms with Crippen LogP contribution in [0.5, 0.6) is 0 Å². The van der Waals surface area contributed by atoms with Gasteiger partial charge in [0, 0.05) is 20.9 Å². The molecule has 5 heteroatoms. The number of para-hydroxylation sites is 1. The van der Waals surface area contributed by atoms with Crippen molar-refractivity contribution in [3.63, 3.8) is 0 Å². The Labute approximate surface area is 129 Å². The molecule has 1 aromatic carbocycles. The zero-order chi connectivity index (χ0) is 14.1. The minimum Gasteiger partial charge on any atom is -0.271 e. The lowest BCUT2D eigenvalue weighted by Gasteiger charge is -2.18. The molecular formula is C15H14BrN3S. The van der Waals surface area contributed by atoms with E-state index in [1.807, 2.05) is 25.1 Å². The van der Waals surface area contributed by atoms with Crippen LogP contribution >= 0.6 is 27.3 Å². The molecule has 102 valence electrons. The van der Waals surface area contributed by atoms with Crippen molar-refractivity contribution in [1.29, 1.82) is 0 Å². The topological polar surface area (TPSA) is 50.9 Å². The minimum atomic E-state index is -0.0535. The maximum atomic E-state index is 5.82. The highest BCUT2D eigenvalue weighted by Crippen LogP contribution is 2.34. The lowest BCUT2D eigenvalue weighted by Crippen LogP contribution is -2.29. The SMILES string of the molecule is Cc1cc(C(NN)c2cscc2Br)c2ccccc2n1. The molecule has 2 heterocycles. The maximum Gasteiger partial charge on any atom is 0.0736 e. The highest BCUT2D eigenvalue weighted by molar-refractivity contribution is 9.10. The Morgan fingerprint density at radius 2 is 2.05 bits per heavy atom. The Morgan fingerprint density at radius 1 is 1.25 bits per heavy atom. The Balaban J connectivity index is 2.24. The van der Waals surface area contributed by atoms with Crippen LogP contribution in [0.2, 0.25) is 0 Å². The summed E-state index contributed by atoms with van der Waals surface area (Å²) < 4.78 is 1.07. The molecule has 0 amide bonds. The zero-order valence-electron chi connectivity index (χ0n) is 10.9. The second kappa shape index (κ2) is 5.61. The van der Waals surface area contributed by atoms with E-state index < -0.39 is 0 Å². The van der Waals surface area contributed by atoms with Gasteiger partial charge < -0.3 is 0 Å². The van der Waals surface area contributed by atoms with Gasteiger partial charge in [-0.05, 0) is 51.5 Å². The van der Waals surface area contributed by atoms with Crippen LogP contribution in [0.4, 0.5) is 0 Å². The molecule has 3 nitrogen and oxygen atoms in total. The first-order valence-electron chi connectivity index (χ1n) is 6.24. The number of thiophene rings is 1. The predicted octanol–water partition coefficient (Wildman–Crippen LogP) is 3.92. The molecule has 1 atom stereocenters. The van der Waals surface area contributed by atoms with Crippen LogP contribution in [0.3, 0.4) is 0 Å². The van der Waals surface area contributed by atoms with E-state index in [2.05, 4.69) is 49.2 Å². The van der Waals surface area contributed by atoms with E-state index >= 15 is 0 Å². The van der Waals surface area contributed by atoms with Crippen LogP contribution in [0.25, 0.3) is 10.9 Å².